The van der Waals surface area contributed by atoms with Gasteiger partial charge in [-0.1, -0.05) is 24.3 Å². The second-order valence-corrected chi connectivity index (χ2v) is 3.24. The minimum atomic E-state index is -1.01. The quantitative estimate of drug-likeness (QED) is 0.465. The molecular weight excluding hydrogens is 243 g/mol. The van der Waals surface area contributed by atoms with Crippen LogP contribution in [-0.2, 0) is 46.4 Å². The van der Waals surface area contributed by atoms with Crippen molar-refractivity contribution < 1.29 is 29.5 Å². The van der Waals surface area contributed by atoms with Gasteiger partial charge in [-0.2, -0.15) is 0 Å². The van der Waals surface area contributed by atoms with Crippen molar-refractivity contribution >= 4 is 28.9 Å². The molecule has 0 bridgehead atoms. The van der Waals surface area contributed by atoms with Crippen LogP contribution in [0.4, 0.5) is 0 Å². The van der Waals surface area contributed by atoms with Gasteiger partial charge in [0.2, 0.25) is 0 Å². The van der Waals surface area contributed by atoms with Gasteiger partial charge in [0.1, 0.15) is 6.61 Å². The summed E-state index contributed by atoms with van der Waals surface area (Å²) in [6.45, 7) is 0.144. The zero-order chi connectivity index (χ0) is 9.68. The molecule has 0 unspecified atom stereocenters. The van der Waals surface area contributed by atoms with E-state index in [4.69, 9.17) is 13.0 Å². The summed E-state index contributed by atoms with van der Waals surface area (Å²) in [4.78, 5) is 11.1. The molecule has 0 spiro atoms. The molecule has 13 heavy (non-hydrogen) atoms. The van der Waals surface area contributed by atoms with E-state index in [1.807, 2.05) is 24.3 Å². The Morgan fingerprint density at radius 1 is 1.54 bits per heavy atom. The largest absolute Gasteiger partial charge is 0.714 e. The fraction of sp³-hybridized carbons (Fsp3) is 0.125. The summed E-state index contributed by atoms with van der Waals surface area (Å²) < 4.78 is 11.0. The van der Waals surface area contributed by atoms with Crippen LogP contribution in [0.3, 0.4) is 0 Å². The van der Waals surface area contributed by atoms with Crippen LogP contribution in [0.2, 0.25) is 0 Å². The van der Waals surface area contributed by atoms with Gasteiger partial charge in [0, 0.05) is 18.6 Å². The third kappa shape index (κ3) is 4.67. The molecule has 0 N–H and O–H groups in total. The maximum absolute atomic E-state index is 10.2. The average Bonchev–Trinajstić information content (AvgIpc) is 2.15. The predicted molar refractivity (Wildman–Crippen MR) is 50.5 cm³/mol. The Balaban J connectivity index is 0.00000169. The molecule has 1 aromatic rings. The van der Waals surface area contributed by atoms with E-state index < -0.39 is 6.45 Å². The Bertz CT molecular complexity index is 292. The van der Waals surface area contributed by atoms with E-state index in [-0.39, 0.29) is 25.2 Å². The normalized spacial score (nSPS) is 9.77. The number of carbonyl (C=O) groups excluding carboxylic acids is 1. The molecule has 0 aliphatic heterocycles. The molecule has 0 saturated carbocycles. The summed E-state index contributed by atoms with van der Waals surface area (Å²) in [5, 5.41) is 0. The molecule has 0 amide bonds. The van der Waals surface area contributed by atoms with Crippen LogP contribution in [0, 0.1) is 0 Å². The molecule has 0 saturated heterocycles. The van der Waals surface area contributed by atoms with Gasteiger partial charge in [-0.05, 0) is 10.5 Å². The van der Waals surface area contributed by atoms with Gasteiger partial charge < -0.3 is 16.4 Å². The van der Waals surface area contributed by atoms with Crippen molar-refractivity contribution in [1.29, 1.82) is 0 Å². The Hall–Kier alpha value is -0.0256. The fourth-order valence-electron chi connectivity index (χ4n) is 0.754. The molecule has 0 fully saturated rings. The van der Waals surface area contributed by atoms with Crippen LogP contribution in [0.25, 0.3) is 0 Å². The summed E-state index contributed by atoms with van der Waals surface area (Å²) >= 11 is 4.77. The fourth-order valence-corrected chi connectivity index (χ4v) is 1.33. The van der Waals surface area contributed by atoms with Crippen molar-refractivity contribution in [3.8, 4) is 0 Å². The van der Waals surface area contributed by atoms with Crippen molar-refractivity contribution in [1.82, 2.24) is 0 Å². The maximum Gasteiger partial charge on any atom is 0.293 e. The molecule has 1 radical (unpaired) electrons. The molecule has 1 rings (SSSR count). The van der Waals surface area contributed by atoms with Crippen LogP contribution < -0.4 is 0 Å². The van der Waals surface area contributed by atoms with Crippen LogP contribution >= 0.6 is 10.8 Å². The third-order valence-corrected chi connectivity index (χ3v) is 2.36. The van der Waals surface area contributed by atoms with Gasteiger partial charge in [0.05, 0.1) is 0 Å². The summed E-state index contributed by atoms with van der Waals surface area (Å²) in [6, 6.07) is 7.34. The minimum Gasteiger partial charge on any atom is -0.714 e. The molecule has 0 aliphatic rings. The van der Waals surface area contributed by atoms with Crippen LogP contribution in [0.1, 0.15) is 6.93 Å². The molecule has 0 atom stereocenters. The van der Waals surface area contributed by atoms with Gasteiger partial charge in [-0.3, -0.25) is 15.6 Å². The van der Waals surface area contributed by atoms with E-state index in [9.17, 15) is 4.79 Å². The number of hydrogen-bond acceptors (Lipinski definition) is 4. The van der Waals surface area contributed by atoms with E-state index >= 15 is 0 Å². The summed E-state index contributed by atoms with van der Waals surface area (Å²) in [5.41, 5.74) is 0.855. The monoisotopic (exact) mass is 251 g/mol. The number of hydrogen-bond donors (Lipinski definition) is 0. The van der Waals surface area contributed by atoms with Crippen molar-refractivity contribution in [2.75, 3.05) is 0 Å². The zero-order valence-corrected chi connectivity index (χ0v) is 9.63. The summed E-state index contributed by atoms with van der Waals surface area (Å²) in [7, 11) is 1.24. The zero-order valence-electron chi connectivity index (χ0n) is 7.60. The van der Waals surface area contributed by atoms with E-state index in [0.717, 1.165) is 10.5 Å². The van der Waals surface area contributed by atoms with E-state index in [1.54, 1.807) is 0 Å². The number of rotatable bonds is 3. The van der Waals surface area contributed by atoms with Crippen LogP contribution in [-0.4, -0.2) is 6.45 Å². The predicted octanol–water partition coefficient (Wildman–Crippen LogP) is 1.91. The first-order valence-electron chi connectivity index (χ1n) is 3.74. The van der Waals surface area contributed by atoms with Gasteiger partial charge in [0.15, 0.2) is 1.37 Å². The van der Waals surface area contributed by atoms with Gasteiger partial charge >= 0.3 is 0 Å². The molecule has 0 aromatic heterocycles. The number of benzene rings is 1. The van der Waals surface area contributed by atoms with Gasteiger partial charge in [-0.15, -0.1) is 0 Å². The molecule has 0 heterocycles. The standard InChI is InChI=1S/C8H8O2S2.V/c9-6-10-5-7-1-3-8(12-11)4-2-7;/h1-4,6,11H,5H2;/p-1/i6D;. The molecule has 0 aliphatic carbocycles. The third-order valence-electron chi connectivity index (χ3n) is 1.32. The minimum absolute atomic E-state index is 0. The van der Waals surface area contributed by atoms with Gasteiger partial charge in [0.25, 0.3) is 6.45 Å². The van der Waals surface area contributed by atoms with E-state index in [0.29, 0.717) is 0 Å². The van der Waals surface area contributed by atoms with Crippen LogP contribution in [0.15, 0.2) is 29.2 Å². The van der Waals surface area contributed by atoms with Crippen LogP contribution in [0.5, 0.6) is 0 Å². The summed E-state index contributed by atoms with van der Waals surface area (Å²) in [6.07, 6.45) is -1.01. The van der Waals surface area contributed by atoms with Crippen molar-refractivity contribution in [3.63, 3.8) is 0 Å². The number of carbonyl (C=O) groups is 1. The molecule has 1 aromatic carbocycles. The first-order valence-corrected chi connectivity index (χ1v) is 4.98. The van der Waals surface area contributed by atoms with Crippen molar-refractivity contribution in [2.24, 2.45) is 0 Å². The molecular formula is C8H7O2S2V-. The Labute approximate surface area is 99.5 Å². The second-order valence-electron chi connectivity index (χ2n) is 2.10. The van der Waals surface area contributed by atoms with Crippen molar-refractivity contribution in [2.45, 2.75) is 11.5 Å². The Kier molecular flexibility index (Phi) is 6.28. The molecule has 2 nitrogen and oxygen atoms in total. The number of ether oxygens (including phenoxy) is 1. The van der Waals surface area contributed by atoms with Crippen molar-refractivity contribution in [3.05, 3.63) is 29.8 Å². The smallest absolute Gasteiger partial charge is 0.293 e. The maximum atomic E-state index is 10.2. The molecule has 69 valence electrons. The first kappa shape index (κ1) is 11.1. The Morgan fingerprint density at radius 3 is 2.62 bits per heavy atom. The summed E-state index contributed by atoms with van der Waals surface area (Å²) in [5.74, 6) is 0. The molecule has 5 heteroatoms. The average molecular weight is 251 g/mol. The van der Waals surface area contributed by atoms with E-state index in [1.165, 1.54) is 10.8 Å². The van der Waals surface area contributed by atoms with Gasteiger partial charge in [-0.25, -0.2) is 0 Å². The SMILES string of the molecule is [2H]C(=O)OCc1ccc(S[S-])cc1.[V]. The topological polar surface area (TPSA) is 26.3 Å². The first-order chi connectivity index (χ1) is 6.22. The second kappa shape index (κ2) is 7.38. The Morgan fingerprint density at radius 2 is 2.15 bits per heavy atom. The van der Waals surface area contributed by atoms with E-state index in [2.05, 4.69) is 4.74 Å².